The highest BCUT2D eigenvalue weighted by atomic mass is 32.1. The van der Waals surface area contributed by atoms with Crippen LogP contribution in [0.2, 0.25) is 0 Å². The van der Waals surface area contributed by atoms with Crippen LogP contribution in [0.15, 0.2) is 60.0 Å². The molecule has 5 rings (SSSR count). The maximum Gasteiger partial charge on any atom is 0.407 e. The van der Waals surface area contributed by atoms with Crippen molar-refractivity contribution in [1.29, 1.82) is 0 Å². The first-order valence-corrected chi connectivity index (χ1v) is 13.0. The molecule has 4 aromatic rings. The van der Waals surface area contributed by atoms with Gasteiger partial charge >= 0.3 is 6.09 Å². The van der Waals surface area contributed by atoms with Gasteiger partial charge in [-0.3, -0.25) is 4.79 Å². The van der Waals surface area contributed by atoms with Crippen LogP contribution in [-0.4, -0.2) is 46.3 Å². The lowest BCUT2D eigenvalue weighted by molar-refractivity contribution is 0.101. The molecule has 3 heterocycles. The van der Waals surface area contributed by atoms with Crippen molar-refractivity contribution in [1.82, 2.24) is 9.47 Å². The number of carbonyl (C=O) groups is 2. The Kier molecular flexibility index (Phi) is 7.05. The molecule has 9 heteroatoms. The third-order valence-electron chi connectivity index (χ3n) is 6.67. The molecule has 0 bridgehead atoms. The van der Waals surface area contributed by atoms with Gasteiger partial charge in [0.15, 0.2) is 0 Å². The average molecular weight is 520 g/mol. The third kappa shape index (κ3) is 5.56. The molecule has 37 heavy (non-hydrogen) atoms. The van der Waals surface area contributed by atoms with E-state index in [0.29, 0.717) is 43.5 Å². The summed E-state index contributed by atoms with van der Waals surface area (Å²) < 4.78 is 14.9. The number of aryl methyl sites for hydroxylation is 2. The van der Waals surface area contributed by atoms with Crippen LogP contribution in [-0.2, 0) is 13.7 Å². The van der Waals surface area contributed by atoms with Crippen molar-refractivity contribution in [3.05, 3.63) is 76.8 Å². The van der Waals surface area contributed by atoms with E-state index in [4.69, 9.17) is 14.6 Å². The average Bonchev–Trinajstić information content (AvgIpc) is 3.61. The van der Waals surface area contributed by atoms with Crippen molar-refractivity contribution in [3.8, 4) is 11.5 Å². The van der Waals surface area contributed by atoms with Crippen LogP contribution < -0.4 is 14.8 Å². The van der Waals surface area contributed by atoms with E-state index < -0.39 is 6.09 Å². The molecule has 0 spiro atoms. The van der Waals surface area contributed by atoms with Crippen LogP contribution in [0.1, 0.15) is 28.0 Å². The molecule has 1 fully saturated rings. The van der Waals surface area contributed by atoms with Crippen LogP contribution in [0.4, 0.5) is 10.5 Å². The predicted octanol–water partition coefficient (Wildman–Crippen LogP) is 5.76. The molecule has 2 aromatic carbocycles. The molecular weight excluding hydrogens is 490 g/mol. The van der Waals surface area contributed by atoms with Crippen LogP contribution in [0.25, 0.3) is 10.2 Å². The summed E-state index contributed by atoms with van der Waals surface area (Å²) in [5, 5.41) is 14.2. The van der Waals surface area contributed by atoms with E-state index in [1.165, 1.54) is 4.90 Å². The molecule has 0 radical (unpaired) electrons. The molecule has 1 unspecified atom stereocenters. The molecular formula is C28H29N3O5S. The van der Waals surface area contributed by atoms with E-state index in [0.717, 1.165) is 33.5 Å². The van der Waals surface area contributed by atoms with Gasteiger partial charge in [0.1, 0.15) is 23.8 Å². The number of anilines is 1. The van der Waals surface area contributed by atoms with E-state index in [9.17, 15) is 9.59 Å². The molecule has 0 saturated carbocycles. The third-order valence-corrected chi connectivity index (χ3v) is 7.52. The van der Waals surface area contributed by atoms with Crippen molar-refractivity contribution in [3.63, 3.8) is 0 Å². The Morgan fingerprint density at radius 3 is 2.54 bits per heavy atom. The van der Waals surface area contributed by atoms with E-state index >= 15 is 0 Å². The first kappa shape index (κ1) is 24.7. The van der Waals surface area contributed by atoms with Gasteiger partial charge in [0.05, 0.1) is 16.8 Å². The van der Waals surface area contributed by atoms with Gasteiger partial charge in [0.2, 0.25) is 0 Å². The first-order chi connectivity index (χ1) is 17.9. The molecule has 2 amide bonds. The Balaban J connectivity index is 1.19. The van der Waals surface area contributed by atoms with Gasteiger partial charge in [-0.05, 0) is 66.8 Å². The van der Waals surface area contributed by atoms with Crippen molar-refractivity contribution < 1.29 is 24.2 Å². The lowest BCUT2D eigenvalue weighted by atomic mass is 10.1. The Morgan fingerprint density at radius 1 is 1.08 bits per heavy atom. The number of nitrogens with zero attached hydrogens (tertiary/aromatic N) is 2. The van der Waals surface area contributed by atoms with E-state index in [1.807, 2.05) is 78.5 Å². The van der Waals surface area contributed by atoms with Gasteiger partial charge < -0.3 is 29.4 Å². The molecule has 192 valence electrons. The van der Waals surface area contributed by atoms with Crippen molar-refractivity contribution >= 4 is 39.2 Å². The first-order valence-electron chi connectivity index (χ1n) is 12.1. The lowest BCUT2D eigenvalue weighted by Gasteiger charge is -2.15. The zero-order valence-corrected chi connectivity index (χ0v) is 21.6. The van der Waals surface area contributed by atoms with Gasteiger partial charge in [-0.1, -0.05) is 12.1 Å². The van der Waals surface area contributed by atoms with Gasteiger partial charge in [0, 0.05) is 37.3 Å². The number of rotatable bonds is 8. The number of hydrogen-bond donors (Lipinski definition) is 2. The van der Waals surface area contributed by atoms with Crippen molar-refractivity contribution in [2.24, 2.45) is 13.0 Å². The molecule has 1 aliphatic heterocycles. The summed E-state index contributed by atoms with van der Waals surface area (Å²) in [5.74, 6) is 1.44. The highest BCUT2D eigenvalue weighted by Crippen LogP contribution is 2.27. The molecule has 2 aromatic heterocycles. The number of amides is 2. The normalized spacial score (nSPS) is 15.2. The number of hydrogen-bond acceptors (Lipinski definition) is 5. The Morgan fingerprint density at radius 2 is 1.84 bits per heavy atom. The minimum Gasteiger partial charge on any atom is -0.493 e. The predicted molar refractivity (Wildman–Crippen MR) is 144 cm³/mol. The summed E-state index contributed by atoms with van der Waals surface area (Å²) in [6, 6.07) is 17.2. The van der Waals surface area contributed by atoms with E-state index in [-0.39, 0.29) is 11.8 Å². The number of carboxylic acid groups (broad SMARTS) is 1. The number of benzene rings is 2. The van der Waals surface area contributed by atoms with Crippen LogP contribution in [0, 0.1) is 12.8 Å². The fraction of sp³-hybridized carbons (Fsp3) is 0.286. The Labute approximate surface area is 219 Å². The fourth-order valence-corrected chi connectivity index (χ4v) is 5.39. The summed E-state index contributed by atoms with van der Waals surface area (Å²) in [5.41, 5.74) is 4.29. The summed E-state index contributed by atoms with van der Waals surface area (Å²) in [6.07, 6.45) is -0.0641. The highest BCUT2D eigenvalue weighted by Gasteiger charge is 2.26. The monoisotopic (exact) mass is 519 g/mol. The largest absolute Gasteiger partial charge is 0.493 e. The Bertz CT molecular complexity index is 1430. The van der Waals surface area contributed by atoms with Crippen molar-refractivity contribution in [2.75, 3.05) is 25.0 Å². The zero-order valence-electron chi connectivity index (χ0n) is 20.8. The number of likely N-dealkylation sites (tertiary alicyclic amines) is 1. The van der Waals surface area contributed by atoms with Crippen LogP contribution in [0.5, 0.6) is 11.5 Å². The maximum atomic E-state index is 13.1. The van der Waals surface area contributed by atoms with Gasteiger partial charge in [-0.15, -0.1) is 11.3 Å². The number of nitrogens with one attached hydrogen (secondary N) is 1. The second-order valence-electron chi connectivity index (χ2n) is 9.33. The minimum atomic E-state index is -0.875. The topological polar surface area (TPSA) is 93.0 Å². The highest BCUT2D eigenvalue weighted by molar-refractivity contribution is 7.17. The molecule has 1 atom stereocenters. The molecule has 0 aliphatic carbocycles. The van der Waals surface area contributed by atoms with E-state index in [1.54, 1.807) is 11.3 Å². The molecule has 8 nitrogen and oxygen atoms in total. The van der Waals surface area contributed by atoms with Gasteiger partial charge in [-0.25, -0.2) is 4.79 Å². The molecule has 1 aliphatic rings. The molecule has 1 saturated heterocycles. The van der Waals surface area contributed by atoms with Crippen LogP contribution >= 0.6 is 11.3 Å². The summed E-state index contributed by atoms with van der Waals surface area (Å²) in [7, 11) is 1.90. The maximum absolute atomic E-state index is 13.1. The quantitative estimate of drug-likeness (QED) is 0.309. The second-order valence-corrected chi connectivity index (χ2v) is 10.3. The van der Waals surface area contributed by atoms with Gasteiger partial charge in [-0.2, -0.15) is 0 Å². The standard InChI is InChI=1S/C28H29N3O5S/c1-18-3-4-20(23(13-18)29-27(32)25-14-26-24(30(25)2)10-12-37-26)17-36-22-7-5-21(6-8-22)35-16-19-9-11-31(15-19)28(33)34/h3-8,10,12-14,19H,9,11,15-17H2,1-2H3,(H,29,32)(H,33,34). The number of fused-ring (bicyclic) bond motifs is 1. The number of carbonyl (C=O) groups excluding carboxylic acids is 1. The van der Waals surface area contributed by atoms with Gasteiger partial charge in [0.25, 0.3) is 5.91 Å². The smallest absolute Gasteiger partial charge is 0.407 e. The summed E-state index contributed by atoms with van der Waals surface area (Å²) in [6.45, 7) is 3.83. The lowest BCUT2D eigenvalue weighted by Crippen LogP contribution is -2.27. The Hall–Kier alpha value is -3.98. The number of thiophene rings is 1. The number of aromatic nitrogens is 1. The summed E-state index contributed by atoms with van der Waals surface area (Å²) in [4.78, 5) is 25.6. The zero-order chi connectivity index (χ0) is 25.9. The van der Waals surface area contributed by atoms with Crippen molar-refractivity contribution in [2.45, 2.75) is 20.0 Å². The molecule has 2 N–H and O–H groups in total. The summed E-state index contributed by atoms with van der Waals surface area (Å²) >= 11 is 1.62. The minimum absolute atomic E-state index is 0.159. The SMILES string of the molecule is Cc1ccc(COc2ccc(OCC3CCN(C(=O)O)C3)cc2)c(NC(=O)c2cc3sccc3n2C)c1. The second kappa shape index (κ2) is 10.6. The van der Waals surface area contributed by atoms with Crippen LogP contribution in [0.3, 0.4) is 0 Å². The fourth-order valence-electron chi connectivity index (χ4n) is 4.54. The van der Waals surface area contributed by atoms with E-state index in [2.05, 4.69) is 5.32 Å². The number of ether oxygens (including phenoxy) is 2.